The molecule has 1 saturated heterocycles. The number of hydrogen-bond acceptors (Lipinski definition) is 3. The minimum absolute atomic E-state index is 0.0678. The lowest BCUT2D eigenvalue weighted by molar-refractivity contribution is -0.127. The Kier molecular flexibility index (Phi) is 5.90. The number of hydrogen-bond donors (Lipinski definition) is 1. The Hall–Kier alpha value is -0.980. The highest BCUT2D eigenvalue weighted by atomic mass is 19.4. The normalized spacial score (nSPS) is 24.0. The van der Waals surface area contributed by atoms with Crippen LogP contribution in [-0.4, -0.2) is 50.0 Å². The number of rotatable bonds is 3. The van der Waals surface area contributed by atoms with Crippen molar-refractivity contribution in [1.82, 2.24) is 10.2 Å². The average molecular weight is 310 g/mol. The van der Waals surface area contributed by atoms with Gasteiger partial charge < -0.3 is 15.0 Å². The van der Waals surface area contributed by atoms with Gasteiger partial charge in [-0.2, -0.15) is 13.2 Å². The number of methoxy groups -OCH3 is 1. The van der Waals surface area contributed by atoms with Crippen LogP contribution in [0.4, 0.5) is 18.0 Å². The van der Waals surface area contributed by atoms with E-state index in [9.17, 15) is 18.0 Å². The Labute approximate surface area is 124 Å². The van der Waals surface area contributed by atoms with Gasteiger partial charge in [-0.25, -0.2) is 4.79 Å². The molecule has 0 saturated carbocycles. The summed E-state index contributed by atoms with van der Waals surface area (Å²) in [7, 11) is 1.29. The van der Waals surface area contributed by atoms with E-state index in [4.69, 9.17) is 4.74 Å². The van der Waals surface area contributed by atoms with Crippen molar-refractivity contribution in [2.75, 3.05) is 26.7 Å². The fraction of sp³-hybridized carbons (Fsp3) is 0.929. The Morgan fingerprint density at radius 3 is 2.38 bits per heavy atom. The van der Waals surface area contributed by atoms with E-state index in [1.807, 2.05) is 0 Å². The highest BCUT2D eigenvalue weighted by Gasteiger charge is 2.35. The fourth-order valence-electron chi connectivity index (χ4n) is 2.90. The van der Waals surface area contributed by atoms with Gasteiger partial charge in [-0.15, -0.1) is 0 Å². The first-order valence-electron chi connectivity index (χ1n) is 7.13. The summed E-state index contributed by atoms with van der Waals surface area (Å²) in [5.74, 6) is 0.170. The minimum Gasteiger partial charge on any atom is -0.453 e. The van der Waals surface area contributed by atoms with Crippen LogP contribution in [0.3, 0.4) is 0 Å². The number of carbonyl (C=O) groups excluding carboxylic acids is 1. The molecule has 0 aromatic rings. The van der Waals surface area contributed by atoms with Crippen LogP contribution >= 0.6 is 0 Å². The van der Waals surface area contributed by atoms with E-state index in [-0.39, 0.29) is 23.9 Å². The first-order valence-corrected chi connectivity index (χ1v) is 7.13. The molecule has 124 valence electrons. The molecule has 2 unspecified atom stereocenters. The molecule has 4 nitrogen and oxygen atoms in total. The maximum atomic E-state index is 12.3. The molecule has 0 spiro atoms. The second-order valence-corrected chi connectivity index (χ2v) is 6.93. The highest BCUT2D eigenvalue weighted by Crippen LogP contribution is 2.30. The van der Waals surface area contributed by atoms with Gasteiger partial charge in [-0.3, -0.25) is 0 Å². The van der Waals surface area contributed by atoms with Crippen molar-refractivity contribution < 1.29 is 22.7 Å². The summed E-state index contributed by atoms with van der Waals surface area (Å²) >= 11 is 0. The average Bonchev–Trinajstić information content (AvgIpc) is 2.32. The molecule has 1 fully saturated rings. The van der Waals surface area contributed by atoms with Crippen LogP contribution in [0.5, 0.6) is 0 Å². The smallest absolute Gasteiger partial charge is 0.409 e. The zero-order chi connectivity index (χ0) is 16.3. The molecule has 0 aliphatic carbocycles. The molecule has 0 bridgehead atoms. The lowest BCUT2D eigenvalue weighted by Crippen LogP contribution is -2.53. The van der Waals surface area contributed by atoms with Crippen molar-refractivity contribution in [3.8, 4) is 0 Å². The molecule has 0 aromatic carbocycles. The van der Waals surface area contributed by atoms with E-state index >= 15 is 0 Å². The third kappa shape index (κ3) is 7.02. The molecule has 1 amide bonds. The summed E-state index contributed by atoms with van der Waals surface area (Å²) in [5.41, 5.74) is 0.0678. The van der Waals surface area contributed by atoms with Gasteiger partial charge in [0.2, 0.25) is 0 Å². The van der Waals surface area contributed by atoms with Crippen LogP contribution in [0.1, 0.15) is 33.6 Å². The molecule has 21 heavy (non-hydrogen) atoms. The van der Waals surface area contributed by atoms with Gasteiger partial charge in [0.15, 0.2) is 0 Å². The molecule has 1 aliphatic heterocycles. The van der Waals surface area contributed by atoms with Crippen molar-refractivity contribution in [3.05, 3.63) is 0 Å². The number of halogens is 3. The Balaban J connectivity index is 2.68. The maximum Gasteiger partial charge on any atom is 0.409 e. The number of alkyl halides is 3. The van der Waals surface area contributed by atoms with E-state index in [1.54, 1.807) is 0 Å². The van der Waals surface area contributed by atoms with Crippen molar-refractivity contribution in [2.45, 2.75) is 45.8 Å². The first-order chi connectivity index (χ1) is 9.50. The van der Waals surface area contributed by atoms with Crippen LogP contribution in [-0.2, 0) is 4.74 Å². The lowest BCUT2D eigenvalue weighted by atomic mass is 9.80. The van der Waals surface area contributed by atoms with Crippen LogP contribution in [0.15, 0.2) is 0 Å². The number of piperidine rings is 1. The third-order valence-corrected chi connectivity index (χ3v) is 3.46. The van der Waals surface area contributed by atoms with E-state index in [0.717, 1.165) is 6.42 Å². The first kappa shape index (κ1) is 18.1. The van der Waals surface area contributed by atoms with E-state index in [1.165, 1.54) is 12.0 Å². The van der Waals surface area contributed by atoms with E-state index in [2.05, 4.69) is 26.1 Å². The number of likely N-dealkylation sites (tertiary alicyclic amines) is 1. The molecule has 1 heterocycles. The molecule has 2 atom stereocenters. The highest BCUT2D eigenvalue weighted by molar-refractivity contribution is 5.67. The molecular formula is C14H25F3N2O2. The zero-order valence-electron chi connectivity index (χ0n) is 13.1. The zero-order valence-corrected chi connectivity index (χ0v) is 13.1. The van der Waals surface area contributed by atoms with E-state index in [0.29, 0.717) is 13.0 Å². The topological polar surface area (TPSA) is 41.6 Å². The summed E-state index contributed by atoms with van der Waals surface area (Å²) in [6.45, 7) is 6.01. The van der Waals surface area contributed by atoms with Gasteiger partial charge in [-0.05, 0) is 24.2 Å². The second kappa shape index (κ2) is 6.85. The third-order valence-electron chi connectivity index (χ3n) is 3.46. The van der Waals surface area contributed by atoms with Crippen molar-refractivity contribution in [2.24, 2.45) is 11.3 Å². The van der Waals surface area contributed by atoms with E-state index < -0.39 is 18.8 Å². The Morgan fingerprint density at radius 2 is 1.90 bits per heavy atom. The second-order valence-electron chi connectivity index (χ2n) is 6.93. The van der Waals surface area contributed by atoms with Gasteiger partial charge >= 0.3 is 12.3 Å². The molecule has 1 aliphatic rings. The van der Waals surface area contributed by atoms with Gasteiger partial charge in [0.25, 0.3) is 0 Å². The molecule has 0 aromatic heterocycles. The minimum atomic E-state index is -4.24. The number of carbonyl (C=O) groups is 1. The predicted molar refractivity (Wildman–Crippen MR) is 74.0 cm³/mol. The summed E-state index contributed by atoms with van der Waals surface area (Å²) in [5, 5.41) is 2.51. The predicted octanol–water partition coefficient (Wildman–Crippen LogP) is 3.03. The van der Waals surface area contributed by atoms with Crippen LogP contribution in [0, 0.1) is 11.3 Å². The van der Waals surface area contributed by atoms with Crippen molar-refractivity contribution in [1.29, 1.82) is 0 Å². The van der Waals surface area contributed by atoms with Gasteiger partial charge in [0.1, 0.15) is 0 Å². The summed E-state index contributed by atoms with van der Waals surface area (Å²) in [6, 6.07) is -0.355. The summed E-state index contributed by atoms with van der Waals surface area (Å²) in [4.78, 5) is 13.2. The van der Waals surface area contributed by atoms with Gasteiger partial charge in [0.05, 0.1) is 13.7 Å². The number of nitrogens with zero attached hydrogens (tertiary/aromatic N) is 1. The molecule has 1 rings (SSSR count). The number of nitrogens with one attached hydrogen (secondary N) is 1. The molecular weight excluding hydrogens is 285 g/mol. The SMILES string of the molecule is COC(=O)N1CC(CC(C)(C)C)CC(NCC(F)(F)F)C1. The quantitative estimate of drug-likeness (QED) is 0.871. The number of amides is 1. The maximum absolute atomic E-state index is 12.3. The lowest BCUT2D eigenvalue weighted by Gasteiger charge is -2.39. The van der Waals surface area contributed by atoms with Gasteiger partial charge in [0, 0.05) is 19.1 Å². The fourth-order valence-corrected chi connectivity index (χ4v) is 2.90. The molecule has 7 heteroatoms. The summed E-state index contributed by atoms with van der Waals surface area (Å²) < 4.78 is 41.7. The molecule has 1 N–H and O–H groups in total. The summed E-state index contributed by atoms with van der Waals surface area (Å²) in [6.07, 6.45) is -3.23. The Bertz CT molecular complexity index is 353. The van der Waals surface area contributed by atoms with Crippen molar-refractivity contribution in [3.63, 3.8) is 0 Å². The van der Waals surface area contributed by atoms with Gasteiger partial charge in [-0.1, -0.05) is 20.8 Å². The van der Waals surface area contributed by atoms with Crippen molar-refractivity contribution >= 4 is 6.09 Å². The Morgan fingerprint density at radius 1 is 1.29 bits per heavy atom. The monoisotopic (exact) mass is 310 g/mol. The molecule has 0 radical (unpaired) electrons. The van der Waals surface area contributed by atoms with Crippen LogP contribution in [0.25, 0.3) is 0 Å². The number of ether oxygens (including phenoxy) is 1. The van der Waals surface area contributed by atoms with Crippen LogP contribution < -0.4 is 5.32 Å². The van der Waals surface area contributed by atoms with Crippen LogP contribution in [0.2, 0.25) is 0 Å². The largest absolute Gasteiger partial charge is 0.453 e. The standard InChI is InChI=1S/C14H25F3N2O2/c1-13(2,3)6-10-5-11(18-9-14(15,16)17)8-19(7-10)12(20)21-4/h10-11,18H,5-9H2,1-4H3.